The number of anilines is 1. The van der Waals surface area contributed by atoms with E-state index in [9.17, 15) is 14.4 Å². The highest BCUT2D eigenvalue weighted by Crippen LogP contribution is 2.46. The van der Waals surface area contributed by atoms with Crippen molar-refractivity contribution in [2.75, 3.05) is 18.1 Å². The zero-order valence-corrected chi connectivity index (χ0v) is 20.8. The first-order valence-electron chi connectivity index (χ1n) is 11.4. The van der Waals surface area contributed by atoms with Crippen LogP contribution in [0.25, 0.3) is 0 Å². The largest absolute Gasteiger partial charge is 0.465 e. The minimum Gasteiger partial charge on any atom is -0.465 e. The van der Waals surface area contributed by atoms with Crippen LogP contribution in [0.3, 0.4) is 0 Å². The van der Waals surface area contributed by atoms with Crippen LogP contribution in [-0.2, 0) is 14.3 Å². The van der Waals surface area contributed by atoms with Gasteiger partial charge in [-0.3, -0.25) is 14.4 Å². The Morgan fingerprint density at radius 3 is 2.47 bits per heavy atom. The third kappa shape index (κ3) is 4.92. The summed E-state index contributed by atoms with van der Waals surface area (Å²) in [5.74, 6) is -0.826. The van der Waals surface area contributed by atoms with Crippen LogP contribution in [0.15, 0.2) is 29.3 Å². The SMILES string of the molecule is CCOC(=O)C(C)(C)C(=O)c1ccc(N(CC)C2=NC(=O)C3CC(C)(C)CCC3S2)cc1. The Kier molecular flexibility index (Phi) is 7.18. The highest BCUT2D eigenvalue weighted by molar-refractivity contribution is 8.14. The Labute approximate surface area is 195 Å². The number of nitrogens with zero attached hydrogens (tertiary/aromatic N) is 2. The smallest absolute Gasteiger partial charge is 0.319 e. The molecule has 1 aliphatic heterocycles. The maximum Gasteiger partial charge on any atom is 0.319 e. The second-order valence-electron chi connectivity index (χ2n) is 9.87. The highest BCUT2D eigenvalue weighted by Gasteiger charge is 2.43. The highest BCUT2D eigenvalue weighted by atomic mass is 32.2. The van der Waals surface area contributed by atoms with Gasteiger partial charge in [-0.25, -0.2) is 0 Å². The molecular weight excluding hydrogens is 424 g/mol. The van der Waals surface area contributed by atoms with Gasteiger partial charge in [0, 0.05) is 23.0 Å². The number of rotatable bonds is 6. The summed E-state index contributed by atoms with van der Waals surface area (Å²) in [5.41, 5.74) is 0.258. The molecule has 1 aromatic rings. The number of aliphatic imine (C=N–C) groups is 1. The number of thioether (sulfide) groups is 1. The van der Waals surface area contributed by atoms with Gasteiger partial charge in [-0.05, 0) is 76.6 Å². The average Bonchev–Trinajstić information content (AvgIpc) is 2.74. The summed E-state index contributed by atoms with van der Waals surface area (Å²) in [4.78, 5) is 44.4. The monoisotopic (exact) mass is 458 g/mol. The van der Waals surface area contributed by atoms with E-state index in [0.717, 1.165) is 30.1 Å². The number of benzene rings is 1. The summed E-state index contributed by atoms with van der Waals surface area (Å²) in [7, 11) is 0. The van der Waals surface area contributed by atoms with E-state index >= 15 is 0 Å². The average molecular weight is 459 g/mol. The predicted octanol–water partition coefficient (Wildman–Crippen LogP) is 5.11. The lowest BCUT2D eigenvalue weighted by Crippen LogP contribution is -2.43. The molecule has 1 amide bonds. The van der Waals surface area contributed by atoms with Crippen molar-refractivity contribution in [3.63, 3.8) is 0 Å². The summed E-state index contributed by atoms with van der Waals surface area (Å²) in [6, 6.07) is 7.15. The molecular formula is C25H34N2O4S. The number of carbonyl (C=O) groups excluding carboxylic acids is 3. The van der Waals surface area contributed by atoms with Crippen molar-refractivity contribution in [1.82, 2.24) is 0 Å². The molecule has 32 heavy (non-hydrogen) atoms. The van der Waals surface area contributed by atoms with E-state index in [1.165, 1.54) is 0 Å². The fraction of sp³-hybridized carbons (Fsp3) is 0.600. The van der Waals surface area contributed by atoms with E-state index in [4.69, 9.17) is 4.74 Å². The van der Waals surface area contributed by atoms with Crippen LogP contribution in [0.1, 0.15) is 71.2 Å². The Balaban J connectivity index is 1.80. The first-order chi connectivity index (χ1) is 15.0. The zero-order valence-electron chi connectivity index (χ0n) is 19.9. The molecule has 1 heterocycles. The van der Waals surface area contributed by atoms with Crippen LogP contribution < -0.4 is 4.90 Å². The summed E-state index contributed by atoms with van der Waals surface area (Å²) in [6.45, 7) is 12.3. The van der Waals surface area contributed by atoms with Gasteiger partial charge in [0.05, 0.1) is 12.5 Å². The standard InChI is InChI=1S/C25H34N2O4S/c1-7-27(23-26-21(29)18-15-24(3,4)14-13-19(18)32-23)17-11-9-16(10-12-17)20(28)25(5,6)22(30)31-8-2/h9-12,18-19H,7-8,13-15H2,1-6H3. The van der Waals surface area contributed by atoms with Gasteiger partial charge in [0.1, 0.15) is 5.41 Å². The molecule has 1 aromatic carbocycles. The second-order valence-corrected chi connectivity index (χ2v) is 11.1. The van der Waals surface area contributed by atoms with Crippen molar-refractivity contribution in [2.45, 2.75) is 66.1 Å². The maximum absolute atomic E-state index is 12.9. The first-order valence-corrected chi connectivity index (χ1v) is 12.3. The van der Waals surface area contributed by atoms with Gasteiger partial charge < -0.3 is 9.64 Å². The van der Waals surface area contributed by atoms with Crippen molar-refractivity contribution in [3.05, 3.63) is 29.8 Å². The van der Waals surface area contributed by atoms with Crippen LogP contribution >= 0.6 is 11.8 Å². The molecule has 2 aliphatic rings. The van der Waals surface area contributed by atoms with Gasteiger partial charge in [0.2, 0.25) is 0 Å². The number of carbonyl (C=O) groups is 3. The quantitative estimate of drug-likeness (QED) is 0.335. The van der Waals surface area contributed by atoms with Crippen molar-refractivity contribution in [3.8, 4) is 0 Å². The normalized spacial score (nSPS) is 22.6. The van der Waals surface area contributed by atoms with E-state index < -0.39 is 11.4 Å². The number of hydrogen-bond donors (Lipinski definition) is 0. The van der Waals surface area contributed by atoms with Gasteiger partial charge in [-0.1, -0.05) is 25.6 Å². The molecule has 0 N–H and O–H groups in total. The van der Waals surface area contributed by atoms with Gasteiger partial charge >= 0.3 is 5.97 Å². The number of amidine groups is 1. The molecule has 0 aromatic heterocycles. The first kappa shape index (κ1) is 24.5. The van der Waals surface area contributed by atoms with Crippen LogP contribution in [0.2, 0.25) is 0 Å². The van der Waals surface area contributed by atoms with Gasteiger partial charge in [0.25, 0.3) is 5.91 Å². The van der Waals surface area contributed by atoms with Crippen molar-refractivity contribution in [2.24, 2.45) is 21.7 Å². The molecule has 0 spiro atoms. The van der Waals surface area contributed by atoms with E-state index in [1.807, 2.05) is 24.0 Å². The summed E-state index contributed by atoms with van der Waals surface area (Å²) >= 11 is 1.70. The fourth-order valence-corrected chi connectivity index (χ4v) is 5.79. The Morgan fingerprint density at radius 1 is 1.22 bits per heavy atom. The number of amides is 1. The molecule has 1 saturated carbocycles. The molecule has 3 rings (SSSR count). The number of hydrogen-bond acceptors (Lipinski definition) is 6. The molecule has 0 saturated heterocycles. The van der Waals surface area contributed by atoms with Crippen LogP contribution in [0, 0.1) is 16.7 Å². The van der Waals surface area contributed by atoms with Crippen LogP contribution in [0.4, 0.5) is 5.69 Å². The van der Waals surface area contributed by atoms with Gasteiger partial charge in [-0.15, -0.1) is 0 Å². The van der Waals surface area contributed by atoms with Crippen LogP contribution in [-0.4, -0.2) is 41.2 Å². The number of fused-ring (bicyclic) bond motifs is 1. The Bertz CT molecular complexity index is 920. The van der Waals surface area contributed by atoms with Gasteiger partial charge in [0.15, 0.2) is 11.0 Å². The van der Waals surface area contributed by atoms with E-state index in [-0.39, 0.29) is 34.9 Å². The topological polar surface area (TPSA) is 76.0 Å². The van der Waals surface area contributed by atoms with E-state index in [1.54, 1.807) is 44.7 Å². The van der Waals surface area contributed by atoms with Crippen molar-refractivity contribution >= 4 is 40.3 Å². The number of esters is 1. The third-order valence-corrected chi connectivity index (χ3v) is 7.84. The van der Waals surface area contributed by atoms with E-state index in [2.05, 4.69) is 18.8 Å². The fourth-order valence-electron chi connectivity index (χ4n) is 4.40. The number of ketones is 1. The minimum atomic E-state index is -1.25. The summed E-state index contributed by atoms with van der Waals surface area (Å²) in [5, 5.41) is 0.993. The maximum atomic E-state index is 12.9. The molecule has 0 radical (unpaired) electrons. The van der Waals surface area contributed by atoms with Gasteiger partial charge in [-0.2, -0.15) is 4.99 Å². The zero-order chi connectivity index (χ0) is 23.7. The van der Waals surface area contributed by atoms with Crippen molar-refractivity contribution in [1.29, 1.82) is 0 Å². The van der Waals surface area contributed by atoms with Crippen molar-refractivity contribution < 1.29 is 19.1 Å². The molecule has 174 valence electrons. The Hall–Kier alpha value is -2.15. The minimum absolute atomic E-state index is 0.00342. The lowest BCUT2D eigenvalue weighted by Gasteiger charge is -2.42. The molecule has 2 unspecified atom stereocenters. The number of Topliss-reactive ketones (excluding diaryl/α,β-unsaturated/α-hetero) is 1. The summed E-state index contributed by atoms with van der Waals surface area (Å²) in [6.07, 6.45) is 3.02. The summed E-state index contributed by atoms with van der Waals surface area (Å²) < 4.78 is 5.06. The van der Waals surface area contributed by atoms with Crippen LogP contribution in [0.5, 0.6) is 0 Å². The number of ether oxygens (including phenoxy) is 1. The molecule has 7 heteroatoms. The predicted molar refractivity (Wildman–Crippen MR) is 129 cm³/mol. The Morgan fingerprint density at radius 2 is 1.88 bits per heavy atom. The second kappa shape index (κ2) is 9.38. The molecule has 6 nitrogen and oxygen atoms in total. The third-order valence-electron chi connectivity index (χ3n) is 6.45. The molecule has 0 bridgehead atoms. The van der Waals surface area contributed by atoms with E-state index in [0.29, 0.717) is 12.1 Å². The lowest BCUT2D eigenvalue weighted by molar-refractivity contribution is -0.150. The molecule has 2 atom stereocenters. The lowest BCUT2D eigenvalue weighted by atomic mass is 9.71. The molecule has 1 fully saturated rings. The molecule has 1 aliphatic carbocycles.